The first-order chi connectivity index (χ1) is 10.1. The van der Waals surface area contributed by atoms with Gasteiger partial charge in [-0.3, -0.25) is 4.79 Å². The lowest BCUT2D eigenvalue weighted by Gasteiger charge is -2.14. The van der Waals surface area contributed by atoms with Gasteiger partial charge in [-0.15, -0.1) is 11.8 Å². The summed E-state index contributed by atoms with van der Waals surface area (Å²) in [6.45, 7) is 6.02. The minimum atomic E-state index is -0.0779. The van der Waals surface area contributed by atoms with Crippen LogP contribution in [0.3, 0.4) is 0 Å². The maximum Gasteiger partial charge on any atom is 0.237 e. The SMILES string of the molecule is Cc1ccc(NC(=O)[C@H](C)SCc2ccccc2)c(C)c1. The number of rotatable bonds is 5. The summed E-state index contributed by atoms with van der Waals surface area (Å²) in [4.78, 5) is 12.2. The highest BCUT2D eigenvalue weighted by Crippen LogP contribution is 2.21. The first-order valence-corrected chi connectivity index (χ1v) is 8.15. The minimum absolute atomic E-state index is 0.0582. The van der Waals surface area contributed by atoms with Crippen LogP contribution >= 0.6 is 11.8 Å². The average Bonchev–Trinajstić information content (AvgIpc) is 2.48. The Hall–Kier alpha value is -1.74. The molecule has 0 fully saturated rings. The summed E-state index contributed by atoms with van der Waals surface area (Å²) in [5.74, 6) is 0.908. The van der Waals surface area contributed by atoms with Gasteiger partial charge in [-0.25, -0.2) is 0 Å². The highest BCUT2D eigenvalue weighted by atomic mass is 32.2. The van der Waals surface area contributed by atoms with E-state index in [1.165, 1.54) is 11.1 Å². The van der Waals surface area contributed by atoms with Crippen LogP contribution < -0.4 is 5.32 Å². The normalized spacial score (nSPS) is 12.0. The van der Waals surface area contributed by atoms with Gasteiger partial charge in [-0.05, 0) is 38.0 Å². The second-order valence-corrected chi connectivity index (χ2v) is 6.58. The number of amides is 1. The monoisotopic (exact) mass is 299 g/mol. The zero-order chi connectivity index (χ0) is 15.2. The van der Waals surface area contributed by atoms with Crippen LogP contribution in [0.5, 0.6) is 0 Å². The molecule has 1 N–H and O–H groups in total. The molecule has 0 aliphatic carbocycles. The fraction of sp³-hybridized carbons (Fsp3) is 0.278. The largest absolute Gasteiger partial charge is 0.325 e. The number of hydrogen-bond donors (Lipinski definition) is 1. The zero-order valence-electron chi connectivity index (χ0n) is 12.7. The van der Waals surface area contributed by atoms with E-state index < -0.39 is 0 Å². The van der Waals surface area contributed by atoms with Crippen molar-refractivity contribution in [2.45, 2.75) is 31.8 Å². The molecule has 0 aromatic heterocycles. The summed E-state index contributed by atoms with van der Waals surface area (Å²) in [6, 6.07) is 16.3. The van der Waals surface area contributed by atoms with E-state index in [2.05, 4.69) is 30.4 Å². The van der Waals surface area contributed by atoms with Gasteiger partial charge in [0.05, 0.1) is 5.25 Å². The van der Waals surface area contributed by atoms with E-state index in [1.54, 1.807) is 11.8 Å². The highest BCUT2D eigenvalue weighted by molar-refractivity contribution is 7.99. The highest BCUT2D eigenvalue weighted by Gasteiger charge is 2.14. The molecule has 0 saturated carbocycles. The molecule has 0 spiro atoms. The van der Waals surface area contributed by atoms with Gasteiger partial charge < -0.3 is 5.32 Å². The van der Waals surface area contributed by atoms with Crippen LogP contribution in [-0.4, -0.2) is 11.2 Å². The number of aryl methyl sites for hydroxylation is 2. The molecule has 110 valence electrons. The zero-order valence-corrected chi connectivity index (χ0v) is 13.5. The second-order valence-electron chi connectivity index (χ2n) is 5.25. The third-order valence-corrected chi connectivity index (χ3v) is 4.57. The van der Waals surface area contributed by atoms with E-state index in [1.807, 2.05) is 44.2 Å². The molecule has 0 radical (unpaired) electrons. The summed E-state index contributed by atoms with van der Waals surface area (Å²) in [7, 11) is 0. The number of hydrogen-bond acceptors (Lipinski definition) is 2. The Kier molecular flexibility index (Phi) is 5.45. The Morgan fingerprint density at radius 2 is 1.86 bits per heavy atom. The molecule has 0 unspecified atom stereocenters. The van der Waals surface area contributed by atoms with Crippen LogP contribution in [-0.2, 0) is 10.5 Å². The Bertz CT molecular complexity index is 610. The van der Waals surface area contributed by atoms with Crippen LogP contribution in [0.2, 0.25) is 0 Å². The summed E-state index contributed by atoms with van der Waals surface area (Å²) in [5.41, 5.74) is 4.45. The first kappa shape index (κ1) is 15.6. The third kappa shape index (κ3) is 4.64. The van der Waals surface area contributed by atoms with Crippen molar-refractivity contribution in [2.75, 3.05) is 5.32 Å². The molecule has 0 bridgehead atoms. The molecule has 0 heterocycles. The van der Waals surface area contributed by atoms with Crippen molar-refractivity contribution >= 4 is 23.4 Å². The quantitative estimate of drug-likeness (QED) is 0.876. The molecule has 1 atom stereocenters. The van der Waals surface area contributed by atoms with Crippen molar-refractivity contribution in [1.82, 2.24) is 0 Å². The molecule has 2 aromatic carbocycles. The van der Waals surface area contributed by atoms with Crippen molar-refractivity contribution in [1.29, 1.82) is 0 Å². The summed E-state index contributed by atoms with van der Waals surface area (Å²) in [5, 5.41) is 2.94. The van der Waals surface area contributed by atoms with E-state index in [0.717, 1.165) is 17.0 Å². The van der Waals surface area contributed by atoms with Crippen LogP contribution in [0.25, 0.3) is 0 Å². The van der Waals surface area contributed by atoms with Crippen LogP contribution in [0, 0.1) is 13.8 Å². The van der Waals surface area contributed by atoms with Gasteiger partial charge in [-0.2, -0.15) is 0 Å². The smallest absolute Gasteiger partial charge is 0.237 e. The van der Waals surface area contributed by atoms with Gasteiger partial charge in [0.2, 0.25) is 5.91 Å². The molecule has 21 heavy (non-hydrogen) atoms. The predicted molar refractivity (Wildman–Crippen MR) is 91.7 cm³/mol. The fourth-order valence-corrected chi connectivity index (χ4v) is 2.90. The van der Waals surface area contributed by atoms with Gasteiger partial charge >= 0.3 is 0 Å². The Labute approximate surface area is 131 Å². The van der Waals surface area contributed by atoms with Gasteiger partial charge in [0, 0.05) is 11.4 Å². The van der Waals surface area contributed by atoms with Crippen LogP contribution in [0.4, 0.5) is 5.69 Å². The molecule has 1 amide bonds. The van der Waals surface area contributed by atoms with Crippen molar-refractivity contribution in [3.05, 3.63) is 65.2 Å². The lowest BCUT2D eigenvalue weighted by Crippen LogP contribution is -2.23. The standard InChI is InChI=1S/C18H21NOS/c1-13-9-10-17(14(2)11-13)19-18(20)15(3)21-12-16-7-5-4-6-8-16/h4-11,15H,12H2,1-3H3,(H,19,20)/t15-/m0/s1. The molecule has 2 rings (SSSR count). The first-order valence-electron chi connectivity index (χ1n) is 7.10. The van der Waals surface area contributed by atoms with Crippen LogP contribution in [0.15, 0.2) is 48.5 Å². The van der Waals surface area contributed by atoms with Crippen molar-refractivity contribution < 1.29 is 4.79 Å². The average molecular weight is 299 g/mol. The van der Waals surface area contributed by atoms with Crippen molar-refractivity contribution in [3.63, 3.8) is 0 Å². The van der Waals surface area contributed by atoms with Gasteiger partial charge in [-0.1, -0.05) is 48.0 Å². The van der Waals surface area contributed by atoms with E-state index >= 15 is 0 Å². The van der Waals surface area contributed by atoms with Crippen molar-refractivity contribution in [2.24, 2.45) is 0 Å². The van der Waals surface area contributed by atoms with Gasteiger partial charge in [0.25, 0.3) is 0 Å². The van der Waals surface area contributed by atoms with Gasteiger partial charge in [0.1, 0.15) is 0 Å². The maximum absolute atomic E-state index is 12.2. The minimum Gasteiger partial charge on any atom is -0.325 e. The summed E-state index contributed by atoms with van der Waals surface area (Å²) < 4.78 is 0. The fourth-order valence-electron chi connectivity index (χ4n) is 2.06. The number of thioether (sulfide) groups is 1. The molecular weight excluding hydrogens is 278 g/mol. The maximum atomic E-state index is 12.2. The van der Waals surface area contributed by atoms with E-state index in [-0.39, 0.29) is 11.2 Å². The number of anilines is 1. The lowest BCUT2D eigenvalue weighted by molar-refractivity contribution is -0.115. The number of benzene rings is 2. The third-order valence-electron chi connectivity index (χ3n) is 3.35. The van der Waals surface area contributed by atoms with E-state index in [4.69, 9.17) is 0 Å². The van der Waals surface area contributed by atoms with E-state index in [9.17, 15) is 4.79 Å². The number of carbonyl (C=O) groups is 1. The Balaban J connectivity index is 1.90. The Morgan fingerprint density at radius 1 is 1.14 bits per heavy atom. The van der Waals surface area contributed by atoms with E-state index in [0.29, 0.717) is 0 Å². The number of nitrogens with one attached hydrogen (secondary N) is 1. The molecule has 2 nitrogen and oxygen atoms in total. The molecule has 3 heteroatoms. The lowest BCUT2D eigenvalue weighted by atomic mass is 10.1. The Morgan fingerprint density at radius 3 is 2.52 bits per heavy atom. The summed E-state index contributed by atoms with van der Waals surface area (Å²) >= 11 is 1.65. The molecule has 0 aliphatic heterocycles. The van der Waals surface area contributed by atoms with Crippen molar-refractivity contribution in [3.8, 4) is 0 Å². The van der Waals surface area contributed by atoms with Crippen LogP contribution in [0.1, 0.15) is 23.6 Å². The number of carbonyl (C=O) groups excluding carboxylic acids is 1. The van der Waals surface area contributed by atoms with Gasteiger partial charge in [0.15, 0.2) is 0 Å². The molecule has 2 aromatic rings. The summed E-state index contributed by atoms with van der Waals surface area (Å²) in [6.07, 6.45) is 0. The molecule has 0 aliphatic rings. The second kappa shape index (κ2) is 7.32. The topological polar surface area (TPSA) is 29.1 Å². The molecular formula is C18H21NOS. The predicted octanol–water partition coefficient (Wildman–Crippen LogP) is 4.56. The molecule has 0 saturated heterocycles.